The molecule has 0 aliphatic carbocycles. The maximum atomic E-state index is 11.2. The van der Waals surface area contributed by atoms with E-state index in [1.165, 1.54) is 6.08 Å². The molecule has 4 heteroatoms. The molecule has 0 atom stereocenters. The van der Waals surface area contributed by atoms with Crippen molar-refractivity contribution in [3.8, 4) is 0 Å². The molecule has 88 valence electrons. The van der Waals surface area contributed by atoms with Crippen molar-refractivity contribution < 1.29 is 14.7 Å². The van der Waals surface area contributed by atoms with Crippen LogP contribution < -0.4 is 5.32 Å². The second-order valence-corrected chi connectivity index (χ2v) is 3.96. The predicted molar refractivity (Wildman–Crippen MR) is 64.7 cm³/mol. The first-order valence-electron chi connectivity index (χ1n) is 5.47. The third-order valence-electron chi connectivity index (χ3n) is 2.78. The quantitative estimate of drug-likeness (QED) is 0.782. The molecule has 0 radical (unpaired) electrons. The summed E-state index contributed by atoms with van der Waals surface area (Å²) in [7, 11) is 0. The fourth-order valence-corrected chi connectivity index (χ4v) is 1.97. The zero-order valence-corrected chi connectivity index (χ0v) is 9.49. The third-order valence-corrected chi connectivity index (χ3v) is 2.78. The van der Waals surface area contributed by atoms with Gasteiger partial charge >= 0.3 is 5.97 Å². The van der Waals surface area contributed by atoms with E-state index in [-0.39, 0.29) is 5.91 Å². The minimum Gasteiger partial charge on any atom is -0.478 e. The van der Waals surface area contributed by atoms with Crippen LogP contribution in [0.3, 0.4) is 0 Å². The highest BCUT2D eigenvalue weighted by atomic mass is 16.4. The monoisotopic (exact) mass is 231 g/mol. The number of carbonyl (C=O) groups is 2. The van der Waals surface area contributed by atoms with E-state index >= 15 is 0 Å². The largest absolute Gasteiger partial charge is 0.478 e. The van der Waals surface area contributed by atoms with E-state index in [0.29, 0.717) is 12.8 Å². The number of amides is 1. The van der Waals surface area contributed by atoms with Crippen molar-refractivity contribution in [1.29, 1.82) is 0 Å². The second kappa shape index (κ2) is 4.41. The number of carbonyl (C=O) groups excluding carboxylic acids is 1. The molecule has 1 heterocycles. The molecule has 1 aliphatic heterocycles. The lowest BCUT2D eigenvalue weighted by molar-refractivity contribution is -0.131. The van der Waals surface area contributed by atoms with Gasteiger partial charge in [0.05, 0.1) is 6.42 Å². The number of carboxylic acid groups (broad SMARTS) is 1. The lowest BCUT2D eigenvalue weighted by Gasteiger charge is -2.06. The maximum absolute atomic E-state index is 11.2. The van der Waals surface area contributed by atoms with E-state index in [9.17, 15) is 9.59 Å². The SMILES string of the molecule is CC/C(=C\C(=O)O)c1ccc2c(c1)CC(=O)N2. The summed E-state index contributed by atoms with van der Waals surface area (Å²) in [5, 5.41) is 11.5. The Bertz CT molecular complexity index is 517. The normalized spacial score (nSPS) is 14.4. The molecule has 4 nitrogen and oxygen atoms in total. The van der Waals surface area contributed by atoms with Crippen LogP contribution >= 0.6 is 0 Å². The van der Waals surface area contributed by atoms with Crippen molar-refractivity contribution in [2.45, 2.75) is 19.8 Å². The van der Waals surface area contributed by atoms with Gasteiger partial charge in [-0.3, -0.25) is 4.79 Å². The van der Waals surface area contributed by atoms with Crippen LogP contribution in [0.2, 0.25) is 0 Å². The third kappa shape index (κ3) is 2.36. The Morgan fingerprint density at radius 3 is 2.94 bits per heavy atom. The molecule has 0 unspecified atom stereocenters. The molecule has 1 amide bonds. The number of aliphatic carboxylic acids is 1. The molecule has 0 saturated heterocycles. The summed E-state index contributed by atoms with van der Waals surface area (Å²) < 4.78 is 0. The molecule has 0 fully saturated rings. The molecular weight excluding hydrogens is 218 g/mol. The Kier molecular flexibility index (Phi) is 2.95. The van der Waals surface area contributed by atoms with Crippen molar-refractivity contribution in [2.75, 3.05) is 5.32 Å². The van der Waals surface area contributed by atoms with Crippen molar-refractivity contribution in [3.05, 3.63) is 35.4 Å². The summed E-state index contributed by atoms with van der Waals surface area (Å²) >= 11 is 0. The van der Waals surface area contributed by atoms with Gasteiger partial charge in [-0.2, -0.15) is 0 Å². The van der Waals surface area contributed by atoms with Crippen LogP contribution in [0.4, 0.5) is 5.69 Å². The molecule has 0 bridgehead atoms. The lowest BCUT2D eigenvalue weighted by Crippen LogP contribution is -2.03. The van der Waals surface area contributed by atoms with Crippen LogP contribution in [0, 0.1) is 0 Å². The second-order valence-electron chi connectivity index (χ2n) is 3.96. The van der Waals surface area contributed by atoms with Crippen LogP contribution in [-0.4, -0.2) is 17.0 Å². The van der Waals surface area contributed by atoms with Gasteiger partial charge in [0.15, 0.2) is 0 Å². The number of hydrogen-bond acceptors (Lipinski definition) is 2. The first-order valence-corrected chi connectivity index (χ1v) is 5.47. The number of hydrogen-bond donors (Lipinski definition) is 2. The fourth-order valence-electron chi connectivity index (χ4n) is 1.97. The highest BCUT2D eigenvalue weighted by Gasteiger charge is 2.18. The Hall–Kier alpha value is -2.10. The van der Waals surface area contributed by atoms with Crippen molar-refractivity contribution in [2.24, 2.45) is 0 Å². The number of nitrogens with one attached hydrogen (secondary N) is 1. The zero-order chi connectivity index (χ0) is 12.4. The minimum absolute atomic E-state index is 0.0163. The average molecular weight is 231 g/mol. The van der Waals surface area contributed by atoms with Crippen molar-refractivity contribution >= 4 is 23.1 Å². The average Bonchev–Trinajstić information content (AvgIpc) is 2.64. The van der Waals surface area contributed by atoms with Gasteiger partial charge in [0.2, 0.25) is 5.91 Å². The number of allylic oxidation sites excluding steroid dienone is 1. The maximum Gasteiger partial charge on any atom is 0.328 e. The van der Waals surface area contributed by atoms with Crippen molar-refractivity contribution in [1.82, 2.24) is 0 Å². The number of rotatable bonds is 3. The van der Waals surface area contributed by atoms with E-state index in [2.05, 4.69) is 5.32 Å². The van der Waals surface area contributed by atoms with Gasteiger partial charge in [-0.25, -0.2) is 4.79 Å². The van der Waals surface area contributed by atoms with Crippen LogP contribution in [0.25, 0.3) is 5.57 Å². The molecule has 0 aromatic heterocycles. The van der Waals surface area contributed by atoms with Crippen LogP contribution in [-0.2, 0) is 16.0 Å². The van der Waals surface area contributed by atoms with E-state index in [1.54, 1.807) is 0 Å². The molecule has 1 aliphatic rings. The topological polar surface area (TPSA) is 66.4 Å². The van der Waals surface area contributed by atoms with Gasteiger partial charge in [-0.15, -0.1) is 0 Å². The molecule has 2 N–H and O–H groups in total. The smallest absolute Gasteiger partial charge is 0.328 e. The first-order chi connectivity index (χ1) is 8.10. The summed E-state index contributed by atoms with van der Waals surface area (Å²) in [6.07, 6.45) is 2.23. The first kappa shape index (κ1) is 11.4. The van der Waals surface area contributed by atoms with Gasteiger partial charge < -0.3 is 10.4 Å². The predicted octanol–water partition coefficient (Wildman–Crippen LogP) is 2.06. The Balaban J connectivity index is 2.38. The fraction of sp³-hybridized carbons (Fsp3) is 0.231. The number of fused-ring (bicyclic) bond motifs is 1. The Morgan fingerprint density at radius 1 is 1.53 bits per heavy atom. The Labute approximate surface area is 99.0 Å². The van der Waals surface area contributed by atoms with E-state index in [1.807, 2.05) is 25.1 Å². The molecule has 0 spiro atoms. The van der Waals surface area contributed by atoms with Gasteiger partial charge in [0.25, 0.3) is 0 Å². The van der Waals surface area contributed by atoms with Crippen molar-refractivity contribution in [3.63, 3.8) is 0 Å². The van der Waals surface area contributed by atoms with Gasteiger partial charge in [0.1, 0.15) is 0 Å². The standard InChI is InChI=1S/C13H13NO3/c1-2-8(7-13(16)17)9-3-4-11-10(5-9)6-12(15)14-11/h3-5,7H,2,6H2,1H3,(H,14,15)(H,16,17)/b8-7+. The summed E-state index contributed by atoms with van der Waals surface area (Å²) in [5.41, 5.74) is 3.38. The van der Waals surface area contributed by atoms with Crippen LogP contribution in [0.1, 0.15) is 24.5 Å². The van der Waals surface area contributed by atoms with Crippen LogP contribution in [0.5, 0.6) is 0 Å². The molecular formula is C13H13NO3. The van der Waals surface area contributed by atoms with E-state index < -0.39 is 5.97 Å². The van der Waals surface area contributed by atoms with Crippen LogP contribution in [0.15, 0.2) is 24.3 Å². The Morgan fingerprint density at radius 2 is 2.29 bits per heavy atom. The van der Waals surface area contributed by atoms with E-state index in [0.717, 1.165) is 22.4 Å². The van der Waals surface area contributed by atoms with Gasteiger partial charge in [-0.05, 0) is 35.3 Å². The summed E-state index contributed by atoms with van der Waals surface area (Å²) in [6, 6.07) is 5.54. The highest BCUT2D eigenvalue weighted by molar-refractivity contribution is 5.99. The number of benzene rings is 1. The zero-order valence-electron chi connectivity index (χ0n) is 9.49. The number of carboxylic acids is 1. The molecule has 2 rings (SSSR count). The summed E-state index contributed by atoms with van der Waals surface area (Å²) in [4.78, 5) is 21.9. The molecule has 0 saturated carbocycles. The van der Waals surface area contributed by atoms with Gasteiger partial charge in [0, 0.05) is 11.8 Å². The summed E-state index contributed by atoms with van der Waals surface area (Å²) in [5.74, 6) is -0.964. The lowest BCUT2D eigenvalue weighted by atomic mass is 9.99. The molecule has 1 aromatic rings. The summed E-state index contributed by atoms with van der Waals surface area (Å²) in [6.45, 7) is 1.91. The van der Waals surface area contributed by atoms with E-state index in [4.69, 9.17) is 5.11 Å². The highest BCUT2D eigenvalue weighted by Crippen LogP contribution is 2.27. The number of anilines is 1. The molecule has 1 aromatic carbocycles. The van der Waals surface area contributed by atoms with Gasteiger partial charge in [-0.1, -0.05) is 13.0 Å². The molecule has 17 heavy (non-hydrogen) atoms. The minimum atomic E-state index is -0.948.